The van der Waals surface area contributed by atoms with E-state index in [4.69, 9.17) is 14.6 Å². The van der Waals surface area contributed by atoms with Crippen molar-refractivity contribution < 1.29 is 19.4 Å². The first-order chi connectivity index (χ1) is 10.7. The summed E-state index contributed by atoms with van der Waals surface area (Å²) in [6, 6.07) is 7.64. The molecule has 0 radical (unpaired) electrons. The number of carbonyl (C=O) groups is 1. The first kappa shape index (κ1) is 19.6. The van der Waals surface area contributed by atoms with Crippen LogP contribution in [0, 0.1) is 5.92 Å². The predicted octanol–water partition coefficient (Wildman–Crippen LogP) is 3.07. The van der Waals surface area contributed by atoms with Crippen molar-refractivity contribution >= 4 is 18.4 Å². The molecule has 1 aliphatic heterocycles. The summed E-state index contributed by atoms with van der Waals surface area (Å²) in [6.45, 7) is 3.44. The Bertz CT molecular complexity index is 483. The molecule has 0 saturated carbocycles. The number of likely N-dealkylation sites (tertiary alicyclic amines) is 1. The molecular formula is C17H26ClNO4. The minimum absolute atomic E-state index is 0. The zero-order chi connectivity index (χ0) is 15.8. The van der Waals surface area contributed by atoms with Crippen LogP contribution in [-0.4, -0.2) is 49.3 Å². The van der Waals surface area contributed by atoms with Crippen LogP contribution in [0.2, 0.25) is 0 Å². The van der Waals surface area contributed by atoms with Crippen molar-refractivity contribution in [1.82, 2.24) is 4.90 Å². The molecule has 1 aromatic carbocycles. The van der Waals surface area contributed by atoms with Gasteiger partial charge in [-0.05, 0) is 50.4 Å². The van der Waals surface area contributed by atoms with E-state index in [1.165, 1.54) is 0 Å². The second-order valence-corrected chi connectivity index (χ2v) is 5.74. The normalized spacial score (nSPS) is 18.6. The molecule has 1 fully saturated rings. The first-order valence-corrected chi connectivity index (χ1v) is 7.89. The summed E-state index contributed by atoms with van der Waals surface area (Å²) in [7, 11) is 1.64. The second-order valence-electron chi connectivity index (χ2n) is 5.74. The maximum Gasteiger partial charge on any atom is 0.303 e. The van der Waals surface area contributed by atoms with Gasteiger partial charge >= 0.3 is 5.97 Å². The van der Waals surface area contributed by atoms with Crippen LogP contribution in [0.5, 0.6) is 11.5 Å². The predicted molar refractivity (Wildman–Crippen MR) is 91.8 cm³/mol. The number of hydrogen-bond acceptors (Lipinski definition) is 4. The summed E-state index contributed by atoms with van der Waals surface area (Å²) in [5, 5.41) is 8.89. The molecule has 0 amide bonds. The average Bonchev–Trinajstić information content (AvgIpc) is 2.73. The smallest absolute Gasteiger partial charge is 0.303 e. The summed E-state index contributed by atoms with van der Waals surface area (Å²) in [6.07, 6.45) is 3.33. The summed E-state index contributed by atoms with van der Waals surface area (Å²) in [5.41, 5.74) is 0. The average molecular weight is 344 g/mol. The van der Waals surface area contributed by atoms with E-state index in [2.05, 4.69) is 4.90 Å². The summed E-state index contributed by atoms with van der Waals surface area (Å²) in [5.74, 6) is 1.15. The maximum absolute atomic E-state index is 10.8. The first-order valence-electron chi connectivity index (χ1n) is 7.89. The minimum Gasteiger partial charge on any atom is -0.493 e. The van der Waals surface area contributed by atoms with Gasteiger partial charge in [0.2, 0.25) is 0 Å². The quantitative estimate of drug-likeness (QED) is 0.824. The standard InChI is InChI=1S/C17H25NO4.ClH/c1-21-15-6-2-3-7-16(15)22-12-11-18-9-4-5-14(8-10-18)13-17(19)20;/h2-3,6-7,14H,4-5,8-13H2,1H3,(H,19,20);1H. The largest absolute Gasteiger partial charge is 0.493 e. The van der Waals surface area contributed by atoms with Gasteiger partial charge in [-0.2, -0.15) is 0 Å². The highest BCUT2D eigenvalue weighted by molar-refractivity contribution is 5.85. The van der Waals surface area contributed by atoms with E-state index < -0.39 is 5.97 Å². The van der Waals surface area contributed by atoms with Crippen molar-refractivity contribution in [3.63, 3.8) is 0 Å². The molecule has 1 saturated heterocycles. The van der Waals surface area contributed by atoms with Gasteiger partial charge in [0.05, 0.1) is 7.11 Å². The van der Waals surface area contributed by atoms with Gasteiger partial charge in [-0.3, -0.25) is 9.69 Å². The maximum atomic E-state index is 10.8. The molecule has 0 bridgehead atoms. The molecule has 1 atom stereocenters. The molecule has 1 unspecified atom stereocenters. The van der Waals surface area contributed by atoms with Crippen LogP contribution in [0.15, 0.2) is 24.3 Å². The Morgan fingerprint density at radius 1 is 1.26 bits per heavy atom. The van der Waals surface area contributed by atoms with Gasteiger partial charge in [0, 0.05) is 13.0 Å². The number of carboxylic acids is 1. The monoisotopic (exact) mass is 343 g/mol. The van der Waals surface area contributed by atoms with Gasteiger partial charge in [0.15, 0.2) is 11.5 Å². The summed E-state index contributed by atoms with van der Waals surface area (Å²) >= 11 is 0. The van der Waals surface area contributed by atoms with Crippen LogP contribution in [0.4, 0.5) is 0 Å². The SMILES string of the molecule is COc1ccccc1OCCN1CCCC(CC(=O)O)CC1.Cl. The third kappa shape index (κ3) is 6.67. The van der Waals surface area contributed by atoms with Gasteiger partial charge in [0.1, 0.15) is 6.61 Å². The van der Waals surface area contributed by atoms with Crippen molar-refractivity contribution in [1.29, 1.82) is 0 Å². The Hall–Kier alpha value is -1.46. The molecular weight excluding hydrogens is 318 g/mol. The van der Waals surface area contributed by atoms with E-state index in [9.17, 15) is 4.79 Å². The molecule has 23 heavy (non-hydrogen) atoms. The fourth-order valence-corrected chi connectivity index (χ4v) is 2.92. The molecule has 1 aliphatic rings. The Morgan fingerprint density at radius 3 is 2.70 bits per heavy atom. The van der Waals surface area contributed by atoms with Gasteiger partial charge < -0.3 is 14.6 Å². The number of ether oxygens (including phenoxy) is 2. The van der Waals surface area contributed by atoms with E-state index in [0.717, 1.165) is 50.4 Å². The van der Waals surface area contributed by atoms with E-state index >= 15 is 0 Å². The zero-order valence-corrected chi connectivity index (χ0v) is 14.4. The van der Waals surface area contributed by atoms with E-state index in [1.807, 2.05) is 24.3 Å². The number of benzene rings is 1. The Balaban J connectivity index is 0.00000264. The Morgan fingerprint density at radius 2 is 2.00 bits per heavy atom. The highest BCUT2D eigenvalue weighted by Gasteiger charge is 2.19. The fraction of sp³-hybridized carbons (Fsp3) is 0.588. The Kier molecular flexibility index (Phi) is 8.81. The van der Waals surface area contributed by atoms with Crippen molar-refractivity contribution in [2.45, 2.75) is 25.7 Å². The number of hydrogen-bond donors (Lipinski definition) is 1. The fourth-order valence-electron chi connectivity index (χ4n) is 2.92. The third-order valence-electron chi connectivity index (χ3n) is 4.14. The van der Waals surface area contributed by atoms with Crippen LogP contribution >= 0.6 is 12.4 Å². The van der Waals surface area contributed by atoms with Crippen LogP contribution in [0.3, 0.4) is 0 Å². The lowest BCUT2D eigenvalue weighted by Gasteiger charge is -2.20. The van der Waals surface area contributed by atoms with Crippen LogP contribution in [-0.2, 0) is 4.79 Å². The van der Waals surface area contributed by atoms with Gasteiger partial charge in [-0.1, -0.05) is 12.1 Å². The molecule has 6 heteroatoms. The number of methoxy groups -OCH3 is 1. The number of rotatable bonds is 7. The molecule has 1 N–H and O–H groups in total. The van der Waals surface area contributed by atoms with Crippen LogP contribution in [0.25, 0.3) is 0 Å². The summed E-state index contributed by atoms with van der Waals surface area (Å²) < 4.78 is 11.1. The minimum atomic E-state index is -0.682. The van der Waals surface area contributed by atoms with E-state index in [-0.39, 0.29) is 12.4 Å². The highest BCUT2D eigenvalue weighted by atomic mass is 35.5. The zero-order valence-electron chi connectivity index (χ0n) is 13.6. The lowest BCUT2D eigenvalue weighted by Crippen LogP contribution is -2.29. The van der Waals surface area contributed by atoms with Crippen molar-refractivity contribution in [2.24, 2.45) is 5.92 Å². The highest BCUT2D eigenvalue weighted by Crippen LogP contribution is 2.26. The molecule has 2 rings (SSSR count). The lowest BCUT2D eigenvalue weighted by molar-refractivity contribution is -0.138. The second kappa shape index (κ2) is 10.3. The number of halogens is 1. The Labute approximate surface area is 144 Å². The summed E-state index contributed by atoms with van der Waals surface area (Å²) in [4.78, 5) is 13.2. The number of carboxylic acid groups (broad SMARTS) is 1. The molecule has 130 valence electrons. The van der Waals surface area contributed by atoms with E-state index in [0.29, 0.717) is 18.9 Å². The molecule has 0 spiro atoms. The van der Waals surface area contributed by atoms with Gasteiger partial charge in [-0.25, -0.2) is 0 Å². The molecule has 0 aliphatic carbocycles. The van der Waals surface area contributed by atoms with Crippen LogP contribution in [0.1, 0.15) is 25.7 Å². The topological polar surface area (TPSA) is 59.0 Å². The van der Waals surface area contributed by atoms with Crippen LogP contribution < -0.4 is 9.47 Å². The van der Waals surface area contributed by atoms with Gasteiger partial charge in [-0.15, -0.1) is 12.4 Å². The molecule has 1 aromatic rings. The lowest BCUT2D eigenvalue weighted by atomic mass is 9.97. The number of para-hydroxylation sites is 2. The molecule has 5 nitrogen and oxygen atoms in total. The number of aliphatic carboxylic acids is 1. The number of nitrogens with zero attached hydrogens (tertiary/aromatic N) is 1. The third-order valence-corrected chi connectivity index (χ3v) is 4.14. The van der Waals surface area contributed by atoms with E-state index in [1.54, 1.807) is 7.11 Å². The molecule has 1 heterocycles. The van der Waals surface area contributed by atoms with Crippen molar-refractivity contribution in [3.8, 4) is 11.5 Å². The molecule has 0 aromatic heterocycles. The van der Waals surface area contributed by atoms with Gasteiger partial charge in [0.25, 0.3) is 0 Å². The van der Waals surface area contributed by atoms with Crippen molar-refractivity contribution in [2.75, 3.05) is 33.4 Å². The van der Waals surface area contributed by atoms with Crippen molar-refractivity contribution in [3.05, 3.63) is 24.3 Å².